The highest BCUT2D eigenvalue weighted by atomic mass is 79.9. The van der Waals surface area contributed by atoms with Crippen molar-refractivity contribution >= 4 is 31.6 Å². The van der Waals surface area contributed by atoms with Crippen LogP contribution in [-0.2, 0) is 9.84 Å². The number of halogens is 1. The Bertz CT molecular complexity index is 507. The molecule has 1 heterocycles. The second-order valence-electron chi connectivity index (χ2n) is 3.44. The van der Waals surface area contributed by atoms with Gasteiger partial charge in [0.2, 0.25) is 0 Å². The van der Waals surface area contributed by atoms with E-state index in [2.05, 4.69) is 15.9 Å². The van der Waals surface area contributed by atoms with Gasteiger partial charge in [0.1, 0.15) is 0 Å². The highest BCUT2D eigenvalue weighted by Gasteiger charge is 2.30. The van der Waals surface area contributed by atoms with Gasteiger partial charge in [-0.05, 0) is 12.5 Å². The van der Waals surface area contributed by atoms with Gasteiger partial charge in [0.25, 0.3) is 0 Å². The minimum Gasteiger partial charge on any atom is -0.293 e. The van der Waals surface area contributed by atoms with Crippen LogP contribution in [0.2, 0.25) is 0 Å². The van der Waals surface area contributed by atoms with E-state index in [0.717, 1.165) is 0 Å². The third-order valence-corrected chi connectivity index (χ3v) is 5.09. The third-order valence-electron chi connectivity index (χ3n) is 2.41. The summed E-state index contributed by atoms with van der Waals surface area (Å²) in [6.07, 6.45) is 0.329. The molecule has 0 aromatic heterocycles. The van der Waals surface area contributed by atoms with Crippen LogP contribution in [0.15, 0.2) is 29.2 Å². The van der Waals surface area contributed by atoms with Crippen LogP contribution < -0.4 is 0 Å². The molecule has 0 aliphatic carbocycles. The van der Waals surface area contributed by atoms with E-state index in [1.807, 2.05) is 0 Å². The lowest BCUT2D eigenvalue weighted by atomic mass is 10.1. The smallest absolute Gasteiger partial charge is 0.179 e. The fourth-order valence-electron chi connectivity index (χ4n) is 1.61. The number of rotatable bonds is 0. The highest BCUT2D eigenvalue weighted by molar-refractivity contribution is 9.10. The van der Waals surface area contributed by atoms with Crippen molar-refractivity contribution in [1.82, 2.24) is 0 Å². The second kappa shape index (κ2) is 3.72. The van der Waals surface area contributed by atoms with E-state index in [-0.39, 0.29) is 16.4 Å². The zero-order valence-corrected chi connectivity index (χ0v) is 10.2. The minimum atomic E-state index is -3.30. The van der Waals surface area contributed by atoms with Crippen molar-refractivity contribution in [2.24, 2.45) is 0 Å². The molecule has 0 bridgehead atoms. The number of fused-ring (bicyclic) bond motifs is 1. The standard InChI is InChI=1S/C10H9BrO3S/c11-8-5-6-15(13,14)9-4-2-1-3-7(9)10(8)12/h1-4,8H,5-6H2. The Morgan fingerprint density at radius 1 is 1.27 bits per heavy atom. The summed E-state index contributed by atoms with van der Waals surface area (Å²) in [6, 6.07) is 6.37. The van der Waals surface area contributed by atoms with Crippen molar-refractivity contribution in [1.29, 1.82) is 0 Å². The molecule has 1 atom stereocenters. The number of Topliss-reactive ketones (excluding diaryl/α,β-unsaturated/α-hetero) is 1. The van der Waals surface area contributed by atoms with E-state index >= 15 is 0 Å². The fraction of sp³-hybridized carbons (Fsp3) is 0.300. The summed E-state index contributed by atoms with van der Waals surface area (Å²) in [7, 11) is -3.30. The van der Waals surface area contributed by atoms with Gasteiger partial charge in [0.15, 0.2) is 15.6 Å². The molecule has 0 saturated heterocycles. The lowest BCUT2D eigenvalue weighted by molar-refractivity contribution is 0.0988. The van der Waals surface area contributed by atoms with Gasteiger partial charge < -0.3 is 0 Å². The SMILES string of the molecule is O=C1c2ccccc2S(=O)(=O)CCC1Br. The van der Waals surface area contributed by atoms with Crippen molar-refractivity contribution in [3.05, 3.63) is 29.8 Å². The number of hydrogen-bond acceptors (Lipinski definition) is 3. The van der Waals surface area contributed by atoms with E-state index in [9.17, 15) is 13.2 Å². The number of sulfone groups is 1. The number of benzene rings is 1. The molecule has 1 aliphatic rings. The van der Waals surface area contributed by atoms with Gasteiger partial charge in [0.05, 0.1) is 15.5 Å². The zero-order chi connectivity index (χ0) is 11.1. The molecule has 3 nitrogen and oxygen atoms in total. The summed E-state index contributed by atoms with van der Waals surface area (Å²) < 4.78 is 23.6. The van der Waals surface area contributed by atoms with E-state index in [0.29, 0.717) is 12.0 Å². The van der Waals surface area contributed by atoms with Crippen LogP contribution >= 0.6 is 15.9 Å². The van der Waals surface area contributed by atoms with Crippen LogP contribution in [0.1, 0.15) is 16.8 Å². The molecule has 1 aromatic carbocycles. The summed E-state index contributed by atoms with van der Waals surface area (Å²) in [6.45, 7) is 0. The molecule has 2 rings (SSSR count). The molecule has 0 spiro atoms. The predicted octanol–water partition coefficient (Wildman–Crippen LogP) is 1.81. The Hall–Kier alpha value is -0.680. The Morgan fingerprint density at radius 2 is 1.93 bits per heavy atom. The van der Waals surface area contributed by atoms with Crippen LogP contribution in [-0.4, -0.2) is 24.8 Å². The van der Waals surface area contributed by atoms with Crippen molar-refractivity contribution in [3.63, 3.8) is 0 Å². The van der Waals surface area contributed by atoms with Gasteiger partial charge in [-0.25, -0.2) is 8.42 Å². The normalized spacial score (nSPS) is 24.3. The highest BCUT2D eigenvalue weighted by Crippen LogP contribution is 2.26. The molecule has 0 radical (unpaired) electrons. The summed E-state index contributed by atoms with van der Waals surface area (Å²) >= 11 is 3.21. The molecule has 0 fully saturated rings. The van der Waals surface area contributed by atoms with E-state index < -0.39 is 14.7 Å². The average molecular weight is 289 g/mol. The van der Waals surface area contributed by atoms with Crippen molar-refractivity contribution in [2.75, 3.05) is 5.75 Å². The Kier molecular flexibility index (Phi) is 2.68. The molecular formula is C10H9BrO3S. The maximum absolute atomic E-state index is 11.8. The van der Waals surface area contributed by atoms with Crippen molar-refractivity contribution in [2.45, 2.75) is 16.1 Å². The molecular weight excluding hydrogens is 280 g/mol. The molecule has 0 N–H and O–H groups in total. The van der Waals surface area contributed by atoms with Crippen LogP contribution in [0.5, 0.6) is 0 Å². The maximum atomic E-state index is 11.8. The van der Waals surface area contributed by atoms with Crippen LogP contribution in [0.3, 0.4) is 0 Å². The topological polar surface area (TPSA) is 51.2 Å². The first-order valence-corrected chi connectivity index (χ1v) is 7.09. The first-order valence-electron chi connectivity index (χ1n) is 4.52. The molecule has 1 aliphatic heterocycles. The number of carbonyl (C=O) groups excluding carboxylic acids is 1. The minimum absolute atomic E-state index is 0.0195. The van der Waals surface area contributed by atoms with Crippen LogP contribution in [0, 0.1) is 0 Å². The Balaban J connectivity index is 2.71. The molecule has 0 amide bonds. The van der Waals surface area contributed by atoms with Crippen LogP contribution in [0.4, 0.5) is 0 Å². The summed E-state index contributed by atoms with van der Waals surface area (Å²) in [5, 5.41) is 0. The van der Waals surface area contributed by atoms with E-state index in [1.54, 1.807) is 18.2 Å². The monoisotopic (exact) mass is 288 g/mol. The molecule has 15 heavy (non-hydrogen) atoms. The van der Waals surface area contributed by atoms with Crippen LogP contribution in [0.25, 0.3) is 0 Å². The van der Waals surface area contributed by atoms with Gasteiger partial charge in [-0.15, -0.1) is 0 Å². The first kappa shape index (κ1) is 10.8. The molecule has 1 aromatic rings. The summed E-state index contributed by atoms with van der Waals surface area (Å²) in [5.41, 5.74) is 0.303. The van der Waals surface area contributed by atoms with Gasteiger partial charge >= 0.3 is 0 Å². The maximum Gasteiger partial charge on any atom is 0.179 e. The quantitative estimate of drug-likeness (QED) is 0.684. The average Bonchev–Trinajstić information content (AvgIpc) is 2.31. The lowest BCUT2D eigenvalue weighted by Gasteiger charge is -2.04. The number of hydrogen-bond donors (Lipinski definition) is 0. The molecule has 80 valence electrons. The zero-order valence-electron chi connectivity index (χ0n) is 7.81. The van der Waals surface area contributed by atoms with Gasteiger partial charge in [-0.2, -0.15) is 0 Å². The molecule has 1 unspecified atom stereocenters. The first-order chi connectivity index (χ1) is 7.02. The lowest BCUT2D eigenvalue weighted by Crippen LogP contribution is -2.13. The van der Waals surface area contributed by atoms with Gasteiger partial charge in [-0.3, -0.25) is 4.79 Å². The third kappa shape index (κ3) is 1.86. The summed E-state index contributed by atoms with van der Waals surface area (Å²) in [4.78, 5) is 11.6. The summed E-state index contributed by atoms with van der Waals surface area (Å²) in [5.74, 6) is -0.127. The number of alkyl halides is 1. The van der Waals surface area contributed by atoms with Gasteiger partial charge in [-0.1, -0.05) is 34.1 Å². The van der Waals surface area contributed by atoms with E-state index in [1.165, 1.54) is 6.07 Å². The number of ketones is 1. The van der Waals surface area contributed by atoms with Crippen molar-refractivity contribution in [3.8, 4) is 0 Å². The molecule has 5 heteroatoms. The van der Waals surface area contributed by atoms with Gasteiger partial charge in [0, 0.05) is 5.56 Å². The second-order valence-corrected chi connectivity index (χ2v) is 6.62. The van der Waals surface area contributed by atoms with E-state index in [4.69, 9.17) is 0 Å². The predicted molar refractivity (Wildman–Crippen MR) is 60.2 cm³/mol. The van der Waals surface area contributed by atoms with Crippen molar-refractivity contribution < 1.29 is 13.2 Å². The molecule has 0 saturated carbocycles. The Morgan fingerprint density at radius 3 is 2.67 bits per heavy atom. The number of carbonyl (C=O) groups is 1. The Labute approximate surface area is 96.5 Å². The fourth-order valence-corrected chi connectivity index (χ4v) is 3.94. The largest absolute Gasteiger partial charge is 0.293 e.